The fraction of sp³-hybridized carbons (Fsp3) is 0.267. The molecule has 0 radical (unpaired) electrons. The molecule has 0 bridgehead atoms. The Morgan fingerprint density at radius 3 is 1.31 bits per heavy atom. The molecule has 8 nitrogen and oxygen atoms in total. The van der Waals surface area contributed by atoms with E-state index >= 15 is 0 Å². The molecule has 5 rings (SSSR count). The zero-order valence-corrected chi connectivity index (χ0v) is 22.5. The summed E-state index contributed by atoms with van der Waals surface area (Å²) in [7, 11) is 0. The molecule has 0 aliphatic carbocycles. The van der Waals surface area contributed by atoms with E-state index in [1.165, 1.54) is 11.1 Å². The number of rotatable bonds is 10. The van der Waals surface area contributed by atoms with Gasteiger partial charge in [-0.2, -0.15) is 0 Å². The highest BCUT2D eigenvalue weighted by molar-refractivity contribution is 6.07. The van der Waals surface area contributed by atoms with Crippen LogP contribution < -0.4 is 21.3 Å². The van der Waals surface area contributed by atoms with E-state index in [-0.39, 0.29) is 24.2 Å². The van der Waals surface area contributed by atoms with Crippen molar-refractivity contribution in [3.05, 3.63) is 95.1 Å². The van der Waals surface area contributed by atoms with Crippen LogP contribution in [0, 0.1) is 0 Å². The van der Waals surface area contributed by atoms with Gasteiger partial charge in [0.1, 0.15) is 0 Å². The van der Waals surface area contributed by atoms with Crippen LogP contribution in [0.5, 0.6) is 0 Å². The molecule has 39 heavy (non-hydrogen) atoms. The van der Waals surface area contributed by atoms with Gasteiger partial charge in [0, 0.05) is 48.4 Å². The molecule has 2 aliphatic rings. The predicted molar refractivity (Wildman–Crippen MR) is 160 cm³/mol. The van der Waals surface area contributed by atoms with E-state index in [1.54, 1.807) is 24.3 Å². The largest absolute Gasteiger partial charge is 0.372 e. The number of halogens is 1. The first-order chi connectivity index (χ1) is 18.6. The summed E-state index contributed by atoms with van der Waals surface area (Å²) in [5, 5.41) is 12.4. The van der Waals surface area contributed by atoms with Crippen molar-refractivity contribution in [2.24, 2.45) is 9.98 Å². The minimum absolute atomic E-state index is 0. The first-order valence-electron chi connectivity index (χ1n) is 13.1. The lowest BCUT2D eigenvalue weighted by molar-refractivity contribution is 0.101. The fourth-order valence-corrected chi connectivity index (χ4v) is 4.44. The summed E-state index contributed by atoms with van der Waals surface area (Å²) in [5.41, 5.74) is 4.82. The molecule has 3 aromatic carbocycles. The number of carbonyl (C=O) groups excluding carboxylic acids is 2. The van der Waals surface area contributed by atoms with Gasteiger partial charge in [0.05, 0.1) is 24.8 Å². The summed E-state index contributed by atoms with van der Waals surface area (Å²) in [5.74, 6) is 1.69. The quantitative estimate of drug-likeness (QED) is 0.302. The molecule has 3 aromatic rings. The lowest BCUT2D eigenvalue weighted by atomic mass is 10.1. The van der Waals surface area contributed by atoms with E-state index in [1.807, 2.05) is 48.5 Å². The summed E-state index contributed by atoms with van der Waals surface area (Å²) in [4.78, 5) is 34.2. The predicted octanol–water partition coefficient (Wildman–Crippen LogP) is 4.48. The van der Waals surface area contributed by atoms with Crippen LogP contribution in [0.4, 0.5) is 11.4 Å². The third kappa shape index (κ3) is 7.91. The van der Waals surface area contributed by atoms with Crippen LogP contribution in [-0.4, -0.2) is 49.7 Å². The molecule has 9 heteroatoms. The number of hydrogen-bond donors (Lipinski definition) is 4. The smallest absolute Gasteiger partial charge is 0.255 e. The topological polar surface area (TPSA) is 107 Å². The van der Waals surface area contributed by atoms with Crippen LogP contribution in [-0.2, 0) is 12.8 Å². The number of nitrogens with one attached hydrogen (secondary N) is 4. The molecule has 0 aromatic heterocycles. The molecule has 0 fully saturated rings. The lowest BCUT2D eigenvalue weighted by Crippen LogP contribution is -2.18. The van der Waals surface area contributed by atoms with Gasteiger partial charge in [-0.15, -0.1) is 12.4 Å². The van der Waals surface area contributed by atoms with Gasteiger partial charge in [-0.25, -0.2) is 0 Å². The number of benzene rings is 3. The van der Waals surface area contributed by atoms with Gasteiger partial charge in [-0.3, -0.25) is 19.6 Å². The van der Waals surface area contributed by atoms with Gasteiger partial charge in [0.2, 0.25) is 0 Å². The second-order valence-corrected chi connectivity index (χ2v) is 9.39. The third-order valence-corrected chi connectivity index (χ3v) is 6.62. The van der Waals surface area contributed by atoms with Crippen LogP contribution in [0.3, 0.4) is 0 Å². The van der Waals surface area contributed by atoms with Crippen molar-refractivity contribution in [2.45, 2.75) is 25.7 Å². The molecular formula is C30H33ClN6O2. The van der Waals surface area contributed by atoms with E-state index in [4.69, 9.17) is 0 Å². The maximum atomic E-state index is 12.7. The van der Waals surface area contributed by atoms with Crippen molar-refractivity contribution in [1.82, 2.24) is 10.6 Å². The molecule has 2 amide bonds. The molecule has 0 saturated heterocycles. The van der Waals surface area contributed by atoms with Crippen molar-refractivity contribution in [1.29, 1.82) is 0 Å². The van der Waals surface area contributed by atoms with E-state index < -0.39 is 0 Å². The number of aryl methyl sites for hydroxylation is 2. The number of nitrogens with zero attached hydrogens (tertiary/aromatic N) is 2. The van der Waals surface area contributed by atoms with Gasteiger partial charge in [0.15, 0.2) is 0 Å². The van der Waals surface area contributed by atoms with Crippen LogP contribution >= 0.6 is 12.4 Å². The molecule has 202 valence electrons. The van der Waals surface area contributed by atoms with E-state index in [0.717, 1.165) is 74.9 Å². The average Bonchev–Trinajstić information content (AvgIpc) is 3.67. The second kappa shape index (κ2) is 13.6. The van der Waals surface area contributed by atoms with Crippen molar-refractivity contribution in [3.63, 3.8) is 0 Å². The van der Waals surface area contributed by atoms with Gasteiger partial charge < -0.3 is 21.3 Å². The number of amidine groups is 2. The Morgan fingerprint density at radius 2 is 0.974 bits per heavy atom. The highest BCUT2D eigenvalue weighted by Crippen LogP contribution is 2.16. The summed E-state index contributed by atoms with van der Waals surface area (Å²) >= 11 is 0. The monoisotopic (exact) mass is 544 g/mol. The minimum Gasteiger partial charge on any atom is -0.372 e. The highest BCUT2D eigenvalue weighted by atomic mass is 35.5. The number of amides is 2. The van der Waals surface area contributed by atoms with Gasteiger partial charge in [0.25, 0.3) is 11.8 Å². The Morgan fingerprint density at radius 1 is 0.590 bits per heavy atom. The molecular weight excluding hydrogens is 512 g/mol. The summed E-state index contributed by atoms with van der Waals surface area (Å²) in [6, 6.07) is 22.4. The highest BCUT2D eigenvalue weighted by Gasteiger charge is 2.11. The Bertz CT molecular complexity index is 1230. The summed E-state index contributed by atoms with van der Waals surface area (Å²) in [6.07, 6.45) is 3.60. The molecule has 0 spiro atoms. The Hall–Kier alpha value is -4.17. The van der Waals surface area contributed by atoms with Gasteiger partial charge in [-0.05, 0) is 72.5 Å². The number of aliphatic imine (C=N–C) groups is 2. The summed E-state index contributed by atoms with van der Waals surface area (Å²) < 4.78 is 0. The van der Waals surface area contributed by atoms with Crippen LogP contribution in [0.25, 0.3) is 0 Å². The average molecular weight is 545 g/mol. The van der Waals surface area contributed by atoms with Crippen molar-refractivity contribution in [3.8, 4) is 0 Å². The third-order valence-electron chi connectivity index (χ3n) is 6.62. The fourth-order valence-electron chi connectivity index (χ4n) is 4.44. The molecule has 0 unspecified atom stereocenters. The minimum atomic E-state index is -0.219. The Kier molecular flexibility index (Phi) is 9.69. The molecule has 0 atom stereocenters. The summed E-state index contributed by atoms with van der Waals surface area (Å²) in [6.45, 7) is 3.57. The zero-order valence-electron chi connectivity index (χ0n) is 21.7. The molecule has 0 saturated carbocycles. The second-order valence-electron chi connectivity index (χ2n) is 9.39. The standard InChI is InChI=1S/C30H32N6O2.ClH/c37-29(35-25-11-1-21(2-12-25)5-15-27-31-17-18-32-27)23-7-9-24(10-8-23)30(38)36-26-13-3-22(4-14-26)6-16-28-33-19-20-34-28;/h1-4,7-14H,5-6,15-20H2,(H,31,32)(H,33,34)(H,35,37)(H,36,38);1H. The van der Waals surface area contributed by atoms with E-state index in [9.17, 15) is 9.59 Å². The van der Waals surface area contributed by atoms with Crippen LogP contribution in [0.2, 0.25) is 0 Å². The first-order valence-corrected chi connectivity index (χ1v) is 13.1. The van der Waals surface area contributed by atoms with Crippen molar-refractivity contribution >= 4 is 47.3 Å². The van der Waals surface area contributed by atoms with Gasteiger partial charge in [-0.1, -0.05) is 24.3 Å². The molecule has 4 N–H and O–H groups in total. The van der Waals surface area contributed by atoms with E-state index in [0.29, 0.717) is 11.1 Å². The zero-order chi connectivity index (χ0) is 26.2. The van der Waals surface area contributed by atoms with Crippen LogP contribution in [0.1, 0.15) is 44.7 Å². The van der Waals surface area contributed by atoms with Crippen LogP contribution in [0.15, 0.2) is 82.8 Å². The maximum absolute atomic E-state index is 12.7. The Balaban J connectivity index is 0.00000353. The first kappa shape index (κ1) is 27.9. The van der Waals surface area contributed by atoms with Crippen molar-refractivity contribution < 1.29 is 9.59 Å². The number of carbonyl (C=O) groups is 2. The SMILES string of the molecule is Cl.O=C(Nc1ccc(CCC2=NCCN2)cc1)c1ccc(C(=O)Nc2ccc(CCC3=NCCN3)cc2)cc1. The number of hydrogen-bond acceptors (Lipinski definition) is 6. The molecule has 2 aliphatic heterocycles. The number of anilines is 2. The Labute approximate surface area is 234 Å². The maximum Gasteiger partial charge on any atom is 0.255 e. The van der Waals surface area contributed by atoms with Crippen molar-refractivity contribution in [2.75, 3.05) is 36.8 Å². The molecule has 2 heterocycles. The normalized spacial score (nSPS) is 13.8. The lowest BCUT2D eigenvalue weighted by Gasteiger charge is -2.09. The van der Waals surface area contributed by atoms with Gasteiger partial charge >= 0.3 is 0 Å². The van der Waals surface area contributed by atoms with E-state index in [2.05, 4.69) is 31.3 Å².